The number of aliphatic hydroxyl groups is 1. The molecule has 3 nitrogen and oxygen atoms in total. The fraction of sp³-hybridized carbons (Fsp3) is 0.400. The zero-order valence-electron chi connectivity index (χ0n) is 11.5. The highest BCUT2D eigenvalue weighted by Gasteiger charge is 2.18. The zero-order valence-corrected chi connectivity index (χ0v) is 12.3. The minimum atomic E-state index is 0.0229. The summed E-state index contributed by atoms with van der Waals surface area (Å²) in [6.07, 6.45) is 0. The van der Waals surface area contributed by atoms with Gasteiger partial charge < -0.3 is 9.84 Å². The Bertz CT molecular complexity index is 543. The molecule has 0 radical (unpaired) electrons. The summed E-state index contributed by atoms with van der Waals surface area (Å²) in [4.78, 5) is 4.69. The highest BCUT2D eigenvalue weighted by Crippen LogP contribution is 2.31. The summed E-state index contributed by atoms with van der Waals surface area (Å²) in [6, 6.07) is 7.80. The van der Waals surface area contributed by atoms with Crippen molar-refractivity contribution >= 4 is 11.3 Å². The van der Waals surface area contributed by atoms with E-state index in [9.17, 15) is 0 Å². The Kier molecular flexibility index (Phi) is 4.22. The second kappa shape index (κ2) is 5.72. The molecule has 0 saturated heterocycles. The van der Waals surface area contributed by atoms with Crippen LogP contribution in [0.3, 0.4) is 0 Å². The number of benzene rings is 1. The summed E-state index contributed by atoms with van der Waals surface area (Å²) >= 11 is 1.68. The Morgan fingerprint density at radius 2 is 2.11 bits per heavy atom. The maximum atomic E-state index is 8.77. The summed E-state index contributed by atoms with van der Waals surface area (Å²) in [6.45, 7) is 6.83. The maximum Gasteiger partial charge on any atom is 0.120 e. The van der Waals surface area contributed by atoms with Gasteiger partial charge in [0.1, 0.15) is 12.4 Å². The molecule has 2 aromatic rings. The Morgan fingerprint density at radius 1 is 1.32 bits per heavy atom. The van der Waals surface area contributed by atoms with Crippen LogP contribution < -0.4 is 4.74 Å². The van der Waals surface area contributed by atoms with Crippen LogP contribution in [0.25, 0.3) is 11.3 Å². The molecular weight excluding hydrogens is 258 g/mol. The first-order valence-electron chi connectivity index (χ1n) is 6.31. The van der Waals surface area contributed by atoms with E-state index in [0.717, 1.165) is 22.0 Å². The van der Waals surface area contributed by atoms with Gasteiger partial charge in [0.25, 0.3) is 0 Å². The van der Waals surface area contributed by atoms with Crippen molar-refractivity contribution in [1.29, 1.82) is 0 Å². The van der Waals surface area contributed by atoms with Gasteiger partial charge in [0.2, 0.25) is 0 Å². The fourth-order valence-electron chi connectivity index (χ4n) is 1.66. The summed E-state index contributed by atoms with van der Waals surface area (Å²) in [5, 5.41) is 12.0. The first-order valence-corrected chi connectivity index (χ1v) is 7.19. The molecule has 19 heavy (non-hydrogen) atoms. The standard InChI is InChI=1S/C15H19NO2S/c1-15(2,3)14-16-13(10-19-14)11-5-4-6-12(9-11)18-8-7-17/h4-6,9-10,17H,7-8H2,1-3H3. The molecule has 0 aliphatic carbocycles. The Hall–Kier alpha value is -1.39. The molecule has 0 aliphatic rings. The van der Waals surface area contributed by atoms with Crippen LogP contribution in [0.1, 0.15) is 25.8 Å². The Morgan fingerprint density at radius 3 is 2.74 bits per heavy atom. The number of rotatable bonds is 4. The molecule has 1 heterocycles. The van der Waals surface area contributed by atoms with Crippen LogP contribution in [-0.4, -0.2) is 23.3 Å². The second-order valence-corrected chi connectivity index (χ2v) is 6.25. The molecular formula is C15H19NO2S. The monoisotopic (exact) mass is 277 g/mol. The lowest BCUT2D eigenvalue weighted by Gasteiger charge is -2.13. The largest absolute Gasteiger partial charge is 0.491 e. The average Bonchev–Trinajstić information content (AvgIpc) is 2.86. The predicted molar refractivity (Wildman–Crippen MR) is 78.8 cm³/mol. The number of hydrogen-bond donors (Lipinski definition) is 1. The summed E-state index contributed by atoms with van der Waals surface area (Å²) in [5.74, 6) is 0.761. The van der Waals surface area contributed by atoms with Crippen molar-refractivity contribution in [3.8, 4) is 17.0 Å². The van der Waals surface area contributed by atoms with Crippen molar-refractivity contribution in [2.75, 3.05) is 13.2 Å². The van der Waals surface area contributed by atoms with Crippen LogP contribution in [0.2, 0.25) is 0 Å². The molecule has 0 aliphatic heterocycles. The minimum absolute atomic E-state index is 0.0229. The van der Waals surface area contributed by atoms with Gasteiger partial charge in [-0.15, -0.1) is 11.3 Å². The van der Waals surface area contributed by atoms with Gasteiger partial charge in [-0.3, -0.25) is 0 Å². The highest BCUT2D eigenvalue weighted by molar-refractivity contribution is 7.10. The average molecular weight is 277 g/mol. The van der Waals surface area contributed by atoms with Crippen LogP contribution in [-0.2, 0) is 5.41 Å². The van der Waals surface area contributed by atoms with Crippen molar-refractivity contribution in [2.24, 2.45) is 0 Å². The summed E-state index contributed by atoms with van der Waals surface area (Å²) in [7, 11) is 0. The van der Waals surface area contributed by atoms with Crippen molar-refractivity contribution in [3.05, 3.63) is 34.7 Å². The molecule has 2 rings (SSSR count). The number of thiazole rings is 1. The van der Waals surface area contributed by atoms with E-state index < -0.39 is 0 Å². The lowest BCUT2D eigenvalue weighted by molar-refractivity contribution is 0.201. The van der Waals surface area contributed by atoms with E-state index in [2.05, 4.69) is 31.1 Å². The van der Waals surface area contributed by atoms with Gasteiger partial charge in [-0.1, -0.05) is 32.9 Å². The maximum absolute atomic E-state index is 8.77. The third kappa shape index (κ3) is 3.55. The van der Waals surface area contributed by atoms with Crippen LogP contribution in [0, 0.1) is 0 Å². The molecule has 1 aromatic carbocycles. The number of nitrogens with zero attached hydrogens (tertiary/aromatic N) is 1. The van der Waals surface area contributed by atoms with Gasteiger partial charge in [-0.05, 0) is 12.1 Å². The molecule has 0 atom stereocenters. The first-order chi connectivity index (χ1) is 9.00. The normalized spacial score (nSPS) is 11.6. The van der Waals surface area contributed by atoms with Crippen molar-refractivity contribution in [2.45, 2.75) is 26.2 Å². The Balaban J connectivity index is 2.24. The van der Waals surface area contributed by atoms with E-state index in [1.807, 2.05) is 24.3 Å². The highest BCUT2D eigenvalue weighted by atomic mass is 32.1. The first kappa shape index (κ1) is 14.0. The van der Waals surface area contributed by atoms with E-state index in [-0.39, 0.29) is 12.0 Å². The van der Waals surface area contributed by atoms with Gasteiger partial charge >= 0.3 is 0 Å². The van der Waals surface area contributed by atoms with Gasteiger partial charge in [-0.25, -0.2) is 4.98 Å². The van der Waals surface area contributed by atoms with Crippen LogP contribution in [0.4, 0.5) is 0 Å². The molecule has 0 amide bonds. The number of ether oxygens (including phenoxy) is 1. The van der Waals surface area contributed by atoms with E-state index in [1.165, 1.54) is 0 Å². The molecule has 102 valence electrons. The van der Waals surface area contributed by atoms with Gasteiger partial charge in [-0.2, -0.15) is 0 Å². The SMILES string of the molecule is CC(C)(C)c1nc(-c2cccc(OCCO)c2)cs1. The third-order valence-electron chi connectivity index (χ3n) is 2.64. The van der Waals surface area contributed by atoms with Gasteiger partial charge in [0, 0.05) is 16.4 Å². The molecule has 1 aromatic heterocycles. The van der Waals surface area contributed by atoms with Crippen molar-refractivity contribution in [3.63, 3.8) is 0 Å². The van der Waals surface area contributed by atoms with Crippen molar-refractivity contribution in [1.82, 2.24) is 4.98 Å². The third-order valence-corrected chi connectivity index (χ3v) is 3.90. The van der Waals surface area contributed by atoms with Crippen LogP contribution in [0.5, 0.6) is 5.75 Å². The van der Waals surface area contributed by atoms with Gasteiger partial charge in [0.15, 0.2) is 0 Å². The van der Waals surface area contributed by atoms with Crippen LogP contribution >= 0.6 is 11.3 Å². The molecule has 4 heteroatoms. The Labute approximate surface area is 117 Å². The molecule has 0 saturated carbocycles. The quantitative estimate of drug-likeness (QED) is 0.930. The van der Waals surface area contributed by atoms with E-state index in [0.29, 0.717) is 6.61 Å². The van der Waals surface area contributed by atoms with E-state index in [4.69, 9.17) is 9.84 Å². The lowest BCUT2D eigenvalue weighted by atomic mass is 9.98. The molecule has 0 spiro atoms. The molecule has 0 fully saturated rings. The number of hydrogen-bond acceptors (Lipinski definition) is 4. The van der Waals surface area contributed by atoms with Crippen molar-refractivity contribution < 1.29 is 9.84 Å². The number of aromatic nitrogens is 1. The summed E-state index contributed by atoms with van der Waals surface area (Å²) in [5.41, 5.74) is 2.10. The topological polar surface area (TPSA) is 42.4 Å². The zero-order chi connectivity index (χ0) is 13.9. The second-order valence-electron chi connectivity index (χ2n) is 5.39. The fourth-order valence-corrected chi connectivity index (χ4v) is 2.58. The van der Waals surface area contributed by atoms with E-state index in [1.54, 1.807) is 11.3 Å². The number of aliphatic hydroxyl groups excluding tert-OH is 1. The minimum Gasteiger partial charge on any atom is -0.491 e. The smallest absolute Gasteiger partial charge is 0.120 e. The lowest BCUT2D eigenvalue weighted by Crippen LogP contribution is -2.10. The predicted octanol–water partition coefficient (Wildman–Crippen LogP) is 3.48. The molecule has 0 bridgehead atoms. The molecule has 1 N–H and O–H groups in total. The van der Waals surface area contributed by atoms with Crippen LogP contribution in [0.15, 0.2) is 29.6 Å². The molecule has 0 unspecified atom stereocenters. The van der Waals surface area contributed by atoms with Gasteiger partial charge in [0.05, 0.1) is 17.3 Å². The van der Waals surface area contributed by atoms with E-state index >= 15 is 0 Å². The summed E-state index contributed by atoms with van der Waals surface area (Å²) < 4.78 is 5.42.